The highest BCUT2D eigenvalue weighted by Gasteiger charge is 1.97. The molecule has 0 saturated heterocycles. The van der Waals surface area contributed by atoms with Crippen LogP contribution in [0.5, 0.6) is 0 Å². The molecule has 0 saturated carbocycles. The molecule has 0 aliphatic carbocycles. The van der Waals surface area contributed by atoms with E-state index in [-0.39, 0.29) is 10.8 Å². The SMILES string of the molecule is C#CC(=O)NC(CN)=NC.CC.[HH].[HH].[HH]. The zero-order valence-electron chi connectivity index (χ0n) is 7.72. The minimum Gasteiger partial charge on any atom is -0.324 e. The average molecular weight is 175 g/mol. The van der Waals surface area contributed by atoms with Gasteiger partial charge in [0.2, 0.25) is 0 Å². The minimum absolute atomic E-state index is 0. The van der Waals surface area contributed by atoms with Crippen molar-refractivity contribution in [3.05, 3.63) is 0 Å². The Morgan fingerprint density at radius 1 is 1.75 bits per heavy atom. The molecule has 0 rings (SSSR count). The largest absolute Gasteiger partial charge is 0.324 e. The lowest BCUT2D eigenvalue weighted by molar-refractivity contribution is -0.114. The number of nitrogens with two attached hydrogens (primary N) is 1. The second-order valence-electron chi connectivity index (χ2n) is 1.47. The Labute approximate surface area is 77.7 Å². The first-order chi connectivity index (χ1) is 5.74. The maximum absolute atomic E-state index is 10.5. The standard InChI is InChI=1S/C6H9N3O.C2H6.3H2/c1-3-6(10)9-5(4-7)8-2;1-2;;;/h1H,4,7H2,2H3,(H,8,9,10);1-2H3;3*1H. The number of nitrogens with one attached hydrogen (secondary N) is 1. The summed E-state index contributed by atoms with van der Waals surface area (Å²) >= 11 is 0. The lowest BCUT2D eigenvalue weighted by atomic mass is 10.5. The molecule has 0 aromatic heterocycles. The summed E-state index contributed by atoms with van der Waals surface area (Å²) in [4.78, 5) is 14.1. The van der Waals surface area contributed by atoms with E-state index in [9.17, 15) is 4.79 Å². The molecule has 0 heterocycles. The van der Waals surface area contributed by atoms with Gasteiger partial charge >= 0.3 is 5.91 Å². The van der Waals surface area contributed by atoms with Crippen LogP contribution in [-0.2, 0) is 4.79 Å². The summed E-state index contributed by atoms with van der Waals surface area (Å²) in [5.41, 5.74) is 5.17. The third-order valence-corrected chi connectivity index (χ3v) is 0.852. The fourth-order valence-corrected chi connectivity index (χ4v) is 0.365. The van der Waals surface area contributed by atoms with Crippen LogP contribution in [0.15, 0.2) is 4.99 Å². The molecule has 4 nitrogen and oxygen atoms in total. The summed E-state index contributed by atoms with van der Waals surface area (Å²) in [7, 11) is 1.53. The van der Waals surface area contributed by atoms with Crippen molar-refractivity contribution in [2.45, 2.75) is 13.8 Å². The number of nitrogens with zero attached hydrogens (tertiary/aromatic N) is 1. The van der Waals surface area contributed by atoms with Gasteiger partial charge in [-0.2, -0.15) is 0 Å². The zero-order valence-corrected chi connectivity index (χ0v) is 7.72. The van der Waals surface area contributed by atoms with E-state index in [1.807, 2.05) is 19.8 Å². The number of carbonyl (C=O) groups excluding carboxylic acids is 1. The van der Waals surface area contributed by atoms with Gasteiger partial charge in [0.15, 0.2) is 0 Å². The second kappa shape index (κ2) is 9.66. The topological polar surface area (TPSA) is 67.5 Å². The normalized spacial score (nSPS) is 9.08. The van der Waals surface area contributed by atoms with E-state index in [4.69, 9.17) is 12.2 Å². The van der Waals surface area contributed by atoms with Crippen molar-refractivity contribution < 1.29 is 9.07 Å². The number of terminal acetylenes is 1. The van der Waals surface area contributed by atoms with E-state index < -0.39 is 5.91 Å². The van der Waals surface area contributed by atoms with Gasteiger partial charge in [0.1, 0.15) is 5.84 Å². The third-order valence-electron chi connectivity index (χ3n) is 0.852. The van der Waals surface area contributed by atoms with Crippen molar-refractivity contribution in [3.8, 4) is 12.3 Å². The number of hydrogen-bond acceptors (Lipinski definition) is 3. The summed E-state index contributed by atoms with van der Waals surface area (Å²) in [5, 5.41) is 2.32. The molecule has 0 aromatic carbocycles. The summed E-state index contributed by atoms with van der Waals surface area (Å²) in [6, 6.07) is 0. The van der Waals surface area contributed by atoms with Crippen LogP contribution in [0, 0.1) is 12.3 Å². The van der Waals surface area contributed by atoms with Crippen molar-refractivity contribution in [2.75, 3.05) is 13.6 Å². The molecule has 0 unspecified atom stereocenters. The van der Waals surface area contributed by atoms with Crippen molar-refractivity contribution in [1.29, 1.82) is 0 Å². The van der Waals surface area contributed by atoms with Gasteiger partial charge in [-0.05, 0) is 5.92 Å². The Hall–Kier alpha value is -1.34. The van der Waals surface area contributed by atoms with Crippen LogP contribution in [0.2, 0.25) is 0 Å². The van der Waals surface area contributed by atoms with Gasteiger partial charge in [0, 0.05) is 11.3 Å². The Kier molecular flexibility index (Phi) is 10.7. The Balaban J connectivity index is -0.0000000626. The fourth-order valence-electron chi connectivity index (χ4n) is 0.365. The van der Waals surface area contributed by atoms with Crippen LogP contribution in [-0.4, -0.2) is 25.3 Å². The van der Waals surface area contributed by atoms with E-state index in [1.54, 1.807) is 0 Å². The van der Waals surface area contributed by atoms with Crippen LogP contribution >= 0.6 is 0 Å². The number of aliphatic imine (C=N–C) groups is 1. The monoisotopic (exact) mass is 175 g/mol. The highest BCUT2D eigenvalue weighted by molar-refractivity contribution is 6.06. The molecule has 4 heteroatoms. The molecule has 0 aromatic rings. The summed E-state index contributed by atoms with van der Waals surface area (Å²) in [6.07, 6.45) is 4.77. The van der Waals surface area contributed by atoms with Gasteiger partial charge in [0.05, 0.1) is 6.54 Å². The maximum atomic E-state index is 10.5. The summed E-state index contributed by atoms with van der Waals surface area (Å²) < 4.78 is 0. The number of amides is 1. The summed E-state index contributed by atoms with van der Waals surface area (Å²) in [6.45, 7) is 4.18. The van der Waals surface area contributed by atoms with Gasteiger partial charge in [0.25, 0.3) is 0 Å². The number of hydrogen-bond donors (Lipinski definition) is 2. The fraction of sp³-hybridized carbons (Fsp3) is 0.500. The first-order valence-electron chi connectivity index (χ1n) is 3.68. The Bertz CT molecular complexity index is 202. The van der Waals surface area contributed by atoms with Crippen LogP contribution in [0.3, 0.4) is 0 Å². The second-order valence-corrected chi connectivity index (χ2v) is 1.47. The molecule has 0 aliphatic heterocycles. The number of rotatable bonds is 1. The van der Waals surface area contributed by atoms with E-state index in [1.165, 1.54) is 7.05 Å². The molecule has 12 heavy (non-hydrogen) atoms. The first kappa shape index (κ1) is 13.3. The summed E-state index contributed by atoms with van der Waals surface area (Å²) in [5.74, 6) is 1.75. The molecule has 0 radical (unpaired) electrons. The third kappa shape index (κ3) is 6.78. The quantitative estimate of drug-likeness (QED) is 0.346. The van der Waals surface area contributed by atoms with E-state index in [0.29, 0.717) is 5.84 Å². The smallest absolute Gasteiger partial charge is 0.300 e. The predicted octanol–water partition coefficient (Wildman–Crippen LogP) is 0.487. The Morgan fingerprint density at radius 3 is 2.50 bits per heavy atom. The molecule has 0 atom stereocenters. The van der Waals surface area contributed by atoms with E-state index in [2.05, 4.69) is 10.3 Å². The zero-order chi connectivity index (χ0) is 9.98. The Morgan fingerprint density at radius 2 is 2.25 bits per heavy atom. The number of amidine groups is 1. The van der Waals surface area contributed by atoms with E-state index in [0.717, 1.165) is 0 Å². The molecule has 3 N–H and O–H groups in total. The molecule has 0 bridgehead atoms. The van der Waals surface area contributed by atoms with Crippen LogP contribution in [0.25, 0.3) is 0 Å². The molecular weight excluding hydrogens is 154 g/mol. The van der Waals surface area contributed by atoms with Crippen LogP contribution < -0.4 is 11.1 Å². The first-order valence-corrected chi connectivity index (χ1v) is 3.68. The molecule has 0 aliphatic rings. The molecule has 1 amide bonds. The lowest BCUT2D eigenvalue weighted by Crippen LogP contribution is -2.34. The maximum Gasteiger partial charge on any atom is 0.300 e. The van der Waals surface area contributed by atoms with Gasteiger partial charge in [-0.3, -0.25) is 9.79 Å². The van der Waals surface area contributed by atoms with Crippen molar-refractivity contribution >= 4 is 11.7 Å². The molecular formula is C8H21N3O. The lowest BCUT2D eigenvalue weighted by Gasteiger charge is -1.99. The van der Waals surface area contributed by atoms with Crippen molar-refractivity contribution in [2.24, 2.45) is 10.7 Å². The highest BCUT2D eigenvalue weighted by Crippen LogP contribution is 1.67. The van der Waals surface area contributed by atoms with Crippen molar-refractivity contribution in [1.82, 2.24) is 5.32 Å². The molecule has 0 spiro atoms. The van der Waals surface area contributed by atoms with Gasteiger partial charge < -0.3 is 11.1 Å². The van der Waals surface area contributed by atoms with E-state index >= 15 is 0 Å². The number of carbonyl (C=O) groups is 1. The van der Waals surface area contributed by atoms with Gasteiger partial charge in [-0.25, -0.2) is 0 Å². The van der Waals surface area contributed by atoms with Crippen LogP contribution in [0.1, 0.15) is 18.1 Å². The minimum atomic E-state index is -0.522. The van der Waals surface area contributed by atoms with Crippen molar-refractivity contribution in [3.63, 3.8) is 0 Å². The average Bonchev–Trinajstić information content (AvgIpc) is 2.16. The molecule has 74 valence electrons. The molecule has 0 fully saturated rings. The van der Waals surface area contributed by atoms with Gasteiger partial charge in [-0.15, -0.1) is 6.42 Å². The predicted molar refractivity (Wildman–Crippen MR) is 57.1 cm³/mol. The van der Waals surface area contributed by atoms with Gasteiger partial charge in [-0.1, -0.05) is 13.8 Å². The highest BCUT2D eigenvalue weighted by atomic mass is 16.1. The van der Waals surface area contributed by atoms with Crippen LogP contribution in [0.4, 0.5) is 0 Å².